The lowest BCUT2D eigenvalue weighted by molar-refractivity contribution is -0.141. The number of nitrogens with one attached hydrogen (secondary N) is 2. The molecular weight excluding hydrogens is 482 g/mol. The highest BCUT2D eigenvalue weighted by Gasteiger charge is 2.28. The van der Waals surface area contributed by atoms with E-state index < -0.39 is 5.97 Å². The van der Waals surface area contributed by atoms with Crippen molar-refractivity contribution < 1.29 is 19.1 Å². The molecule has 2 fully saturated rings. The number of pyridine rings is 1. The summed E-state index contributed by atoms with van der Waals surface area (Å²) >= 11 is 6.60. The lowest BCUT2D eigenvalue weighted by atomic mass is 9.96. The van der Waals surface area contributed by atoms with Crippen LogP contribution in [0.15, 0.2) is 41.2 Å². The van der Waals surface area contributed by atoms with E-state index in [1.807, 2.05) is 36.4 Å². The van der Waals surface area contributed by atoms with Crippen molar-refractivity contribution in [1.82, 2.24) is 15.2 Å². The second kappa shape index (κ2) is 11.1. The van der Waals surface area contributed by atoms with E-state index in [2.05, 4.69) is 15.0 Å². The van der Waals surface area contributed by atoms with Crippen LogP contribution in [0.2, 0.25) is 5.02 Å². The highest BCUT2D eigenvalue weighted by atomic mass is 35.5. The van der Waals surface area contributed by atoms with Crippen LogP contribution in [-0.2, 0) is 25.5 Å². The first kappa shape index (κ1) is 25.7. The monoisotopic (exact) mass is 511 g/mol. The molecule has 1 saturated carbocycles. The number of benzene rings is 1. The maximum atomic E-state index is 12.8. The van der Waals surface area contributed by atoms with Crippen molar-refractivity contribution >= 4 is 35.0 Å². The normalized spacial score (nSPS) is 17.9. The standard InChI is InChI=1S/C27H30ClN3O5/c1-31-19(8-12-25(31)33)14-21(23-10-9-20(16-3-4-16)27(35)30-23)18-6-5-17(22(28)13-18)7-11-24(32)29-15-26(34)36-2/h5-6,9-10,13-14,16,19H,3-4,7-8,11-12,15H2,1-2H3,(H,29,32)(H,30,35)/b21-14+/t19-/m1/s1. The number of carbonyl (C=O) groups is 3. The summed E-state index contributed by atoms with van der Waals surface area (Å²) in [6, 6.07) is 9.31. The van der Waals surface area contributed by atoms with Gasteiger partial charge in [0.15, 0.2) is 0 Å². The van der Waals surface area contributed by atoms with Crippen molar-refractivity contribution in [2.75, 3.05) is 20.7 Å². The molecule has 190 valence electrons. The van der Waals surface area contributed by atoms with Crippen LogP contribution in [0, 0.1) is 0 Å². The SMILES string of the molecule is COC(=O)CNC(=O)CCc1ccc(/C(=C\[C@H]2CCC(=O)N2C)c2ccc(C3CC3)c(=O)[nH]2)cc1Cl. The zero-order valence-corrected chi connectivity index (χ0v) is 21.2. The van der Waals surface area contributed by atoms with Gasteiger partial charge in [-0.2, -0.15) is 0 Å². The Bertz CT molecular complexity index is 1260. The molecule has 2 aromatic rings. The van der Waals surface area contributed by atoms with E-state index in [0.717, 1.165) is 35.1 Å². The number of amides is 2. The number of rotatable bonds is 9. The van der Waals surface area contributed by atoms with E-state index in [1.54, 1.807) is 11.9 Å². The Morgan fingerprint density at radius 1 is 1.19 bits per heavy atom. The molecule has 0 bridgehead atoms. The lowest BCUT2D eigenvalue weighted by Gasteiger charge is -2.19. The van der Waals surface area contributed by atoms with Crippen LogP contribution in [0.4, 0.5) is 0 Å². The van der Waals surface area contributed by atoms with Gasteiger partial charge >= 0.3 is 5.97 Å². The van der Waals surface area contributed by atoms with E-state index >= 15 is 0 Å². The van der Waals surface area contributed by atoms with Crippen molar-refractivity contribution in [3.05, 3.63) is 74.2 Å². The van der Waals surface area contributed by atoms with Crippen molar-refractivity contribution in [2.24, 2.45) is 0 Å². The number of H-pyrrole nitrogens is 1. The summed E-state index contributed by atoms with van der Waals surface area (Å²) in [7, 11) is 3.05. The molecule has 0 unspecified atom stereocenters. The molecular formula is C27H30ClN3O5. The van der Waals surface area contributed by atoms with Crippen LogP contribution in [-0.4, -0.2) is 54.4 Å². The van der Waals surface area contributed by atoms with Gasteiger partial charge in [0, 0.05) is 41.7 Å². The second-order valence-corrected chi connectivity index (χ2v) is 9.69. The number of carbonyl (C=O) groups excluding carboxylic acids is 3. The van der Waals surface area contributed by atoms with Crippen LogP contribution in [0.25, 0.3) is 5.57 Å². The van der Waals surface area contributed by atoms with Crippen LogP contribution in [0.5, 0.6) is 0 Å². The molecule has 2 heterocycles. The molecule has 0 spiro atoms. The summed E-state index contributed by atoms with van der Waals surface area (Å²) in [6.07, 6.45) is 5.85. The molecule has 1 aliphatic heterocycles. The number of aryl methyl sites for hydroxylation is 1. The Morgan fingerprint density at radius 2 is 1.97 bits per heavy atom. The summed E-state index contributed by atoms with van der Waals surface area (Å²) < 4.78 is 4.52. The minimum Gasteiger partial charge on any atom is -0.468 e. The van der Waals surface area contributed by atoms with Gasteiger partial charge in [0.2, 0.25) is 11.8 Å². The number of ether oxygens (including phenoxy) is 1. The topological polar surface area (TPSA) is 109 Å². The number of hydrogen-bond donors (Lipinski definition) is 2. The fraction of sp³-hybridized carbons (Fsp3) is 0.407. The van der Waals surface area contributed by atoms with Crippen LogP contribution in [0.3, 0.4) is 0 Å². The van der Waals surface area contributed by atoms with Gasteiger partial charge in [0.25, 0.3) is 5.56 Å². The predicted molar refractivity (Wildman–Crippen MR) is 137 cm³/mol. The first-order valence-corrected chi connectivity index (χ1v) is 12.5. The molecule has 1 aromatic heterocycles. The zero-order chi connectivity index (χ0) is 25.8. The Labute approximate surface area is 214 Å². The number of nitrogens with zero attached hydrogens (tertiary/aromatic N) is 1. The fourth-order valence-corrected chi connectivity index (χ4v) is 4.69. The van der Waals surface area contributed by atoms with E-state index in [-0.39, 0.29) is 36.4 Å². The van der Waals surface area contributed by atoms with Crippen LogP contribution >= 0.6 is 11.6 Å². The molecule has 8 nitrogen and oxygen atoms in total. The molecule has 2 aliphatic rings. The third-order valence-corrected chi connectivity index (χ3v) is 7.15. The number of methoxy groups -OCH3 is 1. The maximum absolute atomic E-state index is 12.8. The van der Waals surface area contributed by atoms with E-state index in [4.69, 9.17) is 11.6 Å². The molecule has 1 atom stereocenters. The summed E-state index contributed by atoms with van der Waals surface area (Å²) in [5.41, 5.74) is 3.79. The molecule has 1 saturated heterocycles. The first-order chi connectivity index (χ1) is 17.3. The summed E-state index contributed by atoms with van der Waals surface area (Å²) in [5, 5.41) is 3.01. The Balaban J connectivity index is 1.58. The summed E-state index contributed by atoms with van der Waals surface area (Å²) in [5.74, 6) is -0.356. The highest BCUT2D eigenvalue weighted by molar-refractivity contribution is 6.31. The third-order valence-electron chi connectivity index (χ3n) is 6.79. The van der Waals surface area contributed by atoms with Gasteiger partial charge in [-0.1, -0.05) is 35.9 Å². The Hall–Kier alpha value is -3.39. The third kappa shape index (κ3) is 6.05. The largest absolute Gasteiger partial charge is 0.468 e. The molecule has 0 radical (unpaired) electrons. The molecule has 1 aliphatic carbocycles. The quantitative estimate of drug-likeness (QED) is 0.503. The van der Waals surface area contributed by atoms with Gasteiger partial charge in [-0.3, -0.25) is 19.2 Å². The molecule has 9 heteroatoms. The van der Waals surface area contributed by atoms with Gasteiger partial charge < -0.3 is 19.9 Å². The van der Waals surface area contributed by atoms with Crippen LogP contribution < -0.4 is 10.9 Å². The van der Waals surface area contributed by atoms with Crippen LogP contribution in [0.1, 0.15) is 60.4 Å². The van der Waals surface area contributed by atoms with Gasteiger partial charge in [-0.25, -0.2) is 0 Å². The van der Waals surface area contributed by atoms with Gasteiger partial charge in [0.05, 0.1) is 13.2 Å². The van der Waals surface area contributed by atoms with Gasteiger partial charge in [-0.05, 0) is 54.9 Å². The van der Waals surface area contributed by atoms with Gasteiger partial charge in [-0.15, -0.1) is 0 Å². The Morgan fingerprint density at radius 3 is 2.58 bits per heavy atom. The number of esters is 1. The minimum absolute atomic E-state index is 0.0857. The molecule has 1 aromatic carbocycles. The first-order valence-electron chi connectivity index (χ1n) is 12.1. The zero-order valence-electron chi connectivity index (χ0n) is 20.4. The fourth-order valence-electron chi connectivity index (χ4n) is 4.41. The smallest absolute Gasteiger partial charge is 0.325 e. The number of halogens is 1. The molecule has 4 rings (SSSR count). The van der Waals surface area contributed by atoms with Crippen molar-refractivity contribution in [2.45, 2.75) is 50.5 Å². The number of aromatic nitrogens is 1. The van der Waals surface area contributed by atoms with Crippen molar-refractivity contribution in [1.29, 1.82) is 0 Å². The molecule has 2 amide bonds. The van der Waals surface area contributed by atoms with Crippen molar-refractivity contribution in [3.8, 4) is 0 Å². The van der Waals surface area contributed by atoms with Crippen molar-refractivity contribution in [3.63, 3.8) is 0 Å². The lowest BCUT2D eigenvalue weighted by Crippen LogP contribution is -2.30. The second-order valence-electron chi connectivity index (χ2n) is 9.28. The van der Waals surface area contributed by atoms with Gasteiger partial charge in [0.1, 0.15) is 6.54 Å². The average molecular weight is 512 g/mol. The number of likely N-dealkylation sites (N-methyl/N-ethyl adjacent to an activating group) is 1. The predicted octanol–water partition coefficient (Wildman–Crippen LogP) is 3.18. The average Bonchev–Trinajstić information content (AvgIpc) is 3.66. The highest BCUT2D eigenvalue weighted by Crippen LogP contribution is 2.38. The summed E-state index contributed by atoms with van der Waals surface area (Å²) in [6.45, 7) is -0.175. The minimum atomic E-state index is -0.511. The van der Waals surface area contributed by atoms with E-state index in [9.17, 15) is 19.2 Å². The number of likely N-dealkylation sites (tertiary alicyclic amines) is 1. The number of hydrogen-bond acceptors (Lipinski definition) is 5. The number of aromatic amines is 1. The molecule has 36 heavy (non-hydrogen) atoms. The van der Waals surface area contributed by atoms with E-state index in [1.165, 1.54) is 7.11 Å². The van der Waals surface area contributed by atoms with E-state index in [0.29, 0.717) is 35.9 Å². The molecule has 2 N–H and O–H groups in total. The summed E-state index contributed by atoms with van der Waals surface area (Å²) in [4.78, 5) is 52.8. The maximum Gasteiger partial charge on any atom is 0.325 e. The Kier molecular flexibility index (Phi) is 7.94.